The van der Waals surface area contributed by atoms with E-state index < -0.39 is 5.97 Å². The van der Waals surface area contributed by atoms with Crippen molar-refractivity contribution >= 4 is 5.97 Å². The molecule has 5 heteroatoms. The SMILES string of the molecule is COC1=CC(C=CC(=O)O)CC(OC)=C1OC. The fraction of sp³-hybridized carbons (Fsp3) is 0.417. The number of carboxylic acid groups (broad SMARTS) is 1. The van der Waals surface area contributed by atoms with Crippen LogP contribution in [-0.2, 0) is 19.0 Å². The summed E-state index contributed by atoms with van der Waals surface area (Å²) >= 11 is 0. The molecule has 0 radical (unpaired) electrons. The summed E-state index contributed by atoms with van der Waals surface area (Å²) in [6.45, 7) is 0. The van der Waals surface area contributed by atoms with Crippen molar-refractivity contribution in [2.24, 2.45) is 5.92 Å². The summed E-state index contributed by atoms with van der Waals surface area (Å²) < 4.78 is 15.6. The molecule has 1 N–H and O–H groups in total. The van der Waals surface area contributed by atoms with Gasteiger partial charge in [0.2, 0.25) is 0 Å². The summed E-state index contributed by atoms with van der Waals surface area (Å²) in [6, 6.07) is 0. The van der Waals surface area contributed by atoms with Crippen LogP contribution in [0.2, 0.25) is 0 Å². The van der Waals surface area contributed by atoms with Gasteiger partial charge in [0.05, 0.1) is 21.3 Å². The van der Waals surface area contributed by atoms with Gasteiger partial charge in [-0.1, -0.05) is 6.08 Å². The Morgan fingerprint density at radius 1 is 1.35 bits per heavy atom. The molecule has 0 fully saturated rings. The number of carboxylic acids is 1. The van der Waals surface area contributed by atoms with Gasteiger partial charge in [0, 0.05) is 18.4 Å². The Hall–Kier alpha value is -1.91. The molecule has 1 aliphatic rings. The second-order valence-electron chi connectivity index (χ2n) is 3.46. The first-order valence-corrected chi connectivity index (χ1v) is 5.10. The molecular formula is C12H16O5. The van der Waals surface area contributed by atoms with Gasteiger partial charge in [-0.15, -0.1) is 0 Å². The van der Waals surface area contributed by atoms with E-state index in [1.54, 1.807) is 19.3 Å². The third-order valence-electron chi connectivity index (χ3n) is 2.42. The first-order valence-electron chi connectivity index (χ1n) is 5.10. The third kappa shape index (κ3) is 3.27. The number of ether oxygens (including phenoxy) is 3. The minimum Gasteiger partial charge on any atom is -0.497 e. The second-order valence-corrected chi connectivity index (χ2v) is 3.46. The molecule has 1 rings (SSSR count). The van der Waals surface area contributed by atoms with Crippen LogP contribution < -0.4 is 0 Å². The summed E-state index contributed by atoms with van der Waals surface area (Å²) in [6.07, 6.45) is 5.06. The van der Waals surface area contributed by atoms with Crippen LogP contribution in [0.3, 0.4) is 0 Å². The van der Waals surface area contributed by atoms with Gasteiger partial charge in [-0.2, -0.15) is 0 Å². The van der Waals surface area contributed by atoms with Gasteiger partial charge in [-0.25, -0.2) is 4.79 Å². The van der Waals surface area contributed by atoms with Crippen molar-refractivity contribution in [1.29, 1.82) is 0 Å². The number of hydrogen-bond acceptors (Lipinski definition) is 4. The van der Waals surface area contributed by atoms with Crippen LogP contribution in [-0.4, -0.2) is 32.4 Å². The van der Waals surface area contributed by atoms with Crippen molar-refractivity contribution in [3.8, 4) is 0 Å². The van der Waals surface area contributed by atoms with Crippen LogP contribution in [0.1, 0.15) is 6.42 Å². The van der Waals surface area contributed by atoms with Crippen molar-refractivity contribution in [1.82, 2.24) is 0 Å². The zero-order valence-electron chi connectivity index (χ0n) is 10.1. The maximum absolute atomic E-state index is 10.5. The molecule has 0 saturated carbocycles. The lowest BCUT2D eigenvalue weighted by atomic mass is 9.96. The van der Waals surface area contributed by atoms with E-state index in [2.05, 4.69) is 0 Å². The molecule has 94 valence electrons. The normalized spacial score (nSPS) is 20.2. The molecule has 0 amide bonds. The first kappa shape index (κ1) is 13.2. The van der Waals surface area contributed by atoms with E-state index in [4.69, 9.17) is 19.3 Å². The van der Waals surface area contributed by atoms with Crippen molar-refractivity contribution in [2.75, 3.05) is 21.3 Å². The average Bonchev–Trinajstić information content (AvgIpc) is 2.34. The predicted octanol–water partition coefficient (Wildman–Crippen LogP) is 1.68. The highest BCUT2D eigenvalue weighted by molar-refractivity contribution is 5.79. The van der Waals surface area contributed by atoms with E-state index in [1.165, 1.54) is 14.2 Å². The van der Waals surface area contributed by atoms with E-state index in [1.807, 2.05) is 0 Å². The van der Waals surface area contributed by atoms with Gasteiger partial charge in [0.1, 0.15) is 5.76 Å². The third-order valence-corrected chi connectivity index (χ3v) is 2.42. The Bertz CT molecular complexity index is 378. The second kappa shape index (κ2) is 5.98. The highest BCUT2D eigenvalue weighted by Crippen LogP contribution is 2.30. The molecule has 0 saturated heterocycles. The minimum atomic E-state index is -0.974. The standard InChI is InChI=1S/C12H16O5/c1-15-9-6-8(4-5-11(13)14)7-10(16-2)12(9)17-3/h4-6,8H,7H2,1-3H3,(H,13,14). The molecule has 1 aliphatic carbocycles. The van der Waals surface area contributed by atoms with Crippen LogP contribution >= 0.6 is 0 Å². The minimum absolute atomic E-state index is 0.0742. The number of carbonyl (C=O) groups is 1. The zero-order valence-corrected chi connectivity index (χ0v) is 10.1. The van der Waals surface area contributed by atoms with Gasteiger partial charge < -0.3 is 19.3 Å². The van der Waals surface area contributed by atoms with Crippen molar-refractivity contribution in [3.63, 3.8) is 0 Å². The Labute approximate surface area is 100.0 Å². The Morgan fingerprint density at radius 2 is 2.06 bits per heavy atom. The Kier molecular flexibility index (Phi) is 4.63. The molecule has 0 heterocycles. The average molecular weight is 240 g/mol. The van der Waals surface area contributed by atoms with Crippen LogP contribution in [0, 0.1) is 5.92 Å². The summed E-state index contributed by atoms with van der Waals surface area (Å²) in [4.78, 5) is 10.5. The largest absolute Gasteiger partial charge is 0.497 e. The maximum atomic E-state index is 10.5. The number of methoxy groups -OCH3 is 3. The monoisotopic (exact) mass is 240 g/mol. The summed E-state index contributed by atoms with van der Waals surface area (Å²) in [5.41, 5.74) is 0. The smallest absolute Gasteiger partial charge is 0.327 e. The van der Waals surface area contributed by atoms with Gasteiger partial charge in [-0.05, 0) is 6.08 Å². The molecule has 5 nitrogen and oxygen atoms in total. The van der Waals surface area contributed by atoms with Gasteiger partial charge >= 0.3 is 5.97 Å². The number of rotatable bonds is 5. The summed E-state index contributed by atoms with van der Waals surface area (Å²) in [7, 11) is 4.61. The highest BCUT2D eigenvalue weighted by atomic mass is 16.5. The van der Waals surface area contributed by atoms with Crippen molar-refractivity contribution < 1.29 is 24.1 Å². The molecule has 0 aliphatic heterocycles. The van der Waals surface area contributed by atoms with Gasteiger partial charge in [-0.3, -0.25) is 0 Å². The Balaban J connectivity index is 2.94. The zero-order chi connectivity index (χ0) is 12.8. The molecule has 0 aromatic heterocycles. The summed E-state index contributed by atoms with van der Waals surface area (Å²) in [5, 5.41) is 8.58. The molecule has 0 bridgehead atoms. The quantitative estimate of drug-likeness (QED) is 0.741. The first-order chi connectivity index (χ1) is 8.12. The lowest BCUT2D eigenvalue weighted by Crippen LogP contribution is -2.12. The molecule has 0 aromatic rings. The van der Waals surface area contributed by atoms with Crippen LogP contribution in [0.25, 0.3) is 0 Å². The number of aliphatic carboxylic acids is 1. The van der Waals surface area contributed by atoms with E-state index in [-0.39, 0.29) is 5.92 Å². The molecular weight excluding hydrogens is 224 g/mol. The van der Waals surface area contributed by atoms with E-state index in [0.717, 1.165) is 6.08 Å². The fourth-order valence-corrected chi connectivity index (χ4v) is 1.65. The lowest BCUT2D eigenvalue weighted by Gasteiger charge is -2.22. The fourth-order valence-electron chi connectivity index (χ4n) is 1.65. The van der Waals surface area contributed by atoms with E-state index >= 15 is 0 Å². The molecule has 0 spiro atoms. The van der Waals surface area contributed by atoms with E-state index in [9.17, 15) is 4.79 Å². The maximum Gasteiger partial charge on any atom is 0.327 e. The van der Waals surface area contributed by atoms with Crippen LogP contribution in [0.4, 0.5) is 0 Å². The van der Waals surface area contributed by atoms with Crippen LogP contribution in [0.5, 0.6) is 0 Å². The van der Waals surface area contributed by atoms with Gasteiger partial charge in [0.25, 0.3) is 0 Å². The van der Waals surface area contributed by atoms with E-state index in [0.29, 0.717) is 23.7 Å². The van der Waals surface area contributed by atoms with Crippen molar-refractivity contribution in [2.45, 2.75) is 6.42 Å². The van der Waals surface area contributed by atoms with Gasteiger partial charge in [0.15, 0.2) is 11.5 Å². The number of allylic oxidation sites excluding steroid dienone is 3. The number of hydrogen-bond donors (Lipinski definition) is 1. The Morgan fingerprint density at radius 3 is 2.53 bits per heavy atom. The predicted molar refractivity (Wildman–Crippen MR) is 61.0 cm³/mol. The molecule has 1 unspecified atom stereocenters. The molecule has 1 atom stereocenters. The lowest BCUT2D eigenvalue weighted by molar-refractivity contribution is -0.131. The molecule has 17 heavy (non-hydrogen) atoms. The topological polar surface area (TPSA) is 65.0 Å². The van der Waals surface area contributed by atoms with Crippen molar-refractivity contribution in [3.05, 3.63) is 35.5 Å². The molecule has 0 aromatic carbocycles. The highest BCUT2D eigenvalue weighted by Gasteiger charge is 2.23. The van der Waals surface area contributed by atoms with Crippen LogP contribution in [0.15, 0.2) is 35.5 Å². The summed E-state index contributed by atoms with van der Waals surface area (Å²) in [5.74, 6) is 0.699.